The van der Waals surface area contributed by atoms with Crippen LogP contribution in [-0.4, -0.2) is 41.8 Å². The van der Waals surface area contributed by atoms with E-state index in [1.807, 2.05) is 18.2 Å². The first-order valence-electron chi connectivity index (χ1n) is 7.75. The number of β-amino-alcohol motifs (C(OH)–C–C–N with tert-alkyl or cyclic N) is 1. The first kappa shape index (κ1) is 14.4. The fraction of sp³-hybridized carbons (Fsp3) is 0.444. The van der Waals surface area contributed by atoms with Crippen molar-refractivity contribution < 1.29 is 9.84 Å². The van der Waals surface area contributed by atoms with Crippen LogP contribution >= 0.6 is 0 Å². The highest BCUT2D eigenvalue weighted by Crippen LogP contribution is 2.25. The Kier molecular flexibility index (Phi) is 4.13. The molecule has 3 heteroatoms. The van der Waals surface area contributed by atoms with Crippen molar-refractivity contribution in [2.75, 3.05) is 26.2 Å². The van der Waals surface area contributed by atoms with Gasteiger partial charge in [-0.3, -0.25) is 4.90 Å². The second kappa shape index (κ2) is 6.04. The molecule has 1 saturated heterocycles. The largest absolute Gasteiger partial charge is 0.492 e. The van der Waals surface area contributed by atoms with E-state index in [4.69, 9.17) is 4.74 Å². The molecule has 0 saturated carbocycles. The van der Waals surface area contributed by atoms with Gasteiger partial charge in [0, 0.05) is 19.6 Å². The summed E-state index contributed by atoms with van der Waals surface area (Å²) in [5.74, 6) is 0.915. The maximum Gasteiger partial charge on any atom is 0.120 e. The zero-order chi connectivity index (χ0) is 14.7. The molecule has 0 aliphatic carbocycles. The minimum Gasteiger partial charge on any atom is -0.492 e. The molecule has 0 unspecified atom stereocenters. The van der Waals surface area contributed by atoms with Gasteiger partial charge < -0.3 is 9.84 Å². The molecule has 1 heterocycles. The SMILES string of the molecule is CCCC1(O)CN(CCOc2ccc3ccccc3c2)C1. The van der Waals surface area contributed by atoms with E-state index in [-0.39, 0.29) is 0 Å². The van der Waals surface area contributed by atoms with E-state index >= 15 is 0 Å². The average molecular weight is 285 g/mol. The van der Waals surface area contributed by atoms with Crippen molar-refractivity contribution in [3.05, 3.63) is 42.5 Å². The summed E-state index contributed by atoms with van der Waals surface area (Å²) in [7, 11) is 0. The Morgan fingerprint density at radius 2 is 1.90 bits per heavy atom. The predicted molar refractivity (Wildman–Crippen MR) is 85.7 cm³/mol. The molecule has 0 atom stereocenters. The number of rotatable bonds is 6. The van der Waals surface area contributed by atoms with Gasteiger partial charge in [-0.05, 0) is 29.3 Å². The van der Waals surface area contributed by atoms with E-state index in [0.717, 1.165) is 38.2 Å². The fourth-order valence-corrected chi connectivity index (χ4v) is 3.12. The Morgan fingerprint density at radius 1 is 1.14 bits per heavy atom. The minimum atomic E-state index is -0.447. The van der Waals surface area contributed by atoms with E-state index in [1.54, 1.807) is 0 Å². The summed E-state index contributed by atoms with van der Waals surface area (Å²) in [6.07, 6.45) is 1.94. The highest BCUT2D eigenvalue weighted by molar-refractivity contribution is 5.83. The molecule has 1 aliphatic heterocycles. The summed E-state index contributed by atoms with van der Waals surface area (Å²) < 4.78 is 5.83. The van der Waals surface area contributed by atoms with Crippen LogP contribution in [-0.2, 0) is 0 Å². The second-order valence-corrected chi connectivity index (χ2v) is 6.04. The third-order valence-corrected chi connectivity index (χ3v) is 4.15. The third kappa shape index (κ3) is 3.36. The van der Waals surface area contributed by atoms with Crippen molar-refractivity contribution in [1.82, 2.24) is 4.90 Å². The summed E-state index contributed by atoms with van der Waals surface area (Å²) >= 11 is 0. The Hall–Kier alpha value is -1.58. The Bertz CT molecular complexity index is 605. The van der Waals surface area contributed by atoms with Crippen molar-refractivity contribution in [1.29, 1.82) is 0 Å². The molecule has 3 rings (SSSR count). The van der Waals surface area contributed by atoms with Crippen LogP contribution in [0.25, 0.3) is 10.8 Å². The number of aliphatic hydroxyl groups is 1. The number of likely N-dealkylation sites (tertiary alicyclic amines) is 1. The van der Waals surface area contributed by atoms with E-state index in [0.29, 0.717) is 6.61 Å². The Balaban J connectivity index is 1.47. The average Bonchev–Trinajstić information content (AvgIpc) is 2.45. The molecule has 0 bridgehead atoms. The number of nitrogens with zero attached hydrogens (tertiary/aromatic N) is 1. The Morgan fingerprint density at radius 3 is 2.67 bits per heavy atom. The smallest absolute Gasteiger partial charge is 0.120 e. The number of hydrogen-bond acceptors (Lipinski definition) is 3. The van der Waals surface area contributed by atoms with Crippen molar-refractivity contribution in [2.24, 2.45) is 0 Å². The normalized spacial score (nSPS) is 17.6. The monoisotopic (exact) mass is 285 g/mol. The predicted octanol–water partition coefficient (Wildman–Crippen LogP) is 3.07. The van der Waals surface area contributed by atoms with Gasteiger partial charge in [-0.2, -0.15) is 0 Å². The molecule has 2 aromatic rings. The summed E-state index contributed by atoms with van der Waals surface area (Å²) in [4.78, 5) is 2.25. The molecule has 21 heavy (non-hydrogen) atoms. The van der Waals surface area contributed by atoms with Crippen LogP contribution in [0.1, 0.15) is 19.8 Å². The standard InChI is InChI=1S/C18H23NO2/c1-2-9-18(20)13-19(14-18)10-11-21-17-8-7-15-5-3-4-6-16(15)12-17/h3-8,12,20H,2,9-11,13-14H2,1H3. The first-order chi connectivity index (χ1) is 10.2. The van der Waals surface area contributed by atoms with Gasteiger partial charge in [0.25, 0.3) is 0 Å². The molecule has 112 valence electrons. The molecule has 0 radical (unpaired) electrons. The van der Waals surface area contributed by atoms with E-state index < -0.39 is 5.60 Å². The van der Waals surface area contributed by atoms with Crippen molar-refractivity contribution in [2.45, 2.75) is 25.4 Å². The quantitative estimate of drug-likeness (QED) is 0.885. The van der Waals surface area contributed by atoms with Gasteiger partial charge in [0.05, 0.1) is 5.60 Å². The third-order valence-electron chi connectivity index (χ3n) is 4.15. The zero-order valence-electron chi connectivity index (χ0n) is 12.6. The molecule has 0 spiro atoms. The maximum atomic E-state index is 10.1. The van der Waals surface area contributed by atoms with Gasteiger partial charge >= 0.3 is 0 Å². The van der Waals surface area contributed by atoms with Crippen molar-refractivity contribution >= 4 is 10.8 Å². The highest BCUT2D eigenvalue weighted by atomic mass is 16.5. The van der Waals surface area contributed by atoms with Gasteiger partial charge in [0.2, 0.25) is 0 Å². The maximum absolute atomic E-state index is 10.1. The molecule has 0 aromatic heterocycles. The molecule has 3 nitrogen and oxygen atoms in total. The summed E-state index contributed by atoms with van der Waals surface area (Å²) in [6.45, 7) is 5.21. The number of hydrogen-bond donors (Lipinski definition) is 1. The van der Waals surface area contributed by atoms with E-state index in [9.17, 15) is 5.11 Å². The van der Waals surface area contributed by atoms with Gasteiger partial charge in [0.1, 0.15) is 12.4 Å². The van der Waals surface area contributed by atoms with Gasteiger partial charge in [0.15, 0.2) is 0 Å². The van der Waals surface area contributed by atoms with Crippen LogP contribution < -0.4 is 4.74 Å². The zero-order valence-corrected chi connectivity index (χ0v) is 12.6. The van der Waals surface area contributed by atoms with Crippen molar-refractivity contribution in [3.8, 4) is 5.75 Å². The number of fused-ring (bicyclic) bond motifs is 1. The van der Waals surface area contributed by atoms with Crippen LogP contribution in [0.2, 0.25) is 0 Å². The van der Waals surface area contributed by atoms with E-state index in [1.165, 1.54) is 10.8 Å². The lowest BCUT2D eigenvalue weighted by Gasteiger charge is -2.46. The lowest BCUT2D eigenvalue weighted by molar-refractivity contribution is -0.105. The van der Waals surface area contributed by atoms with Gasteiger partial charge in [-0.1, -0.05) is 43.7 Å². The summed E-state index contributed by atoms with van der Waals surface area (Å²) in [5.41, 5.74) is -0.447. The molecule has 1 N–H and O–H groups in total. The lowest BCUT2D eigenvalue weighted by Crippen LogP contribution is -2.62. The highest BCUT2D eigenvalue weighted by Gasteiger charge is 2.39. The van der Waals surface area contributed by atoms with Gasteiger partial charge in [-0.25, -0.2) is 0 Å². The molecular formula is C18H23NO2. The van der Waals surface area contributed by atoms with Crippen LogP contribution in [0.15, 0.2) is 42.5 Å². The molecule has 1 aliphatic rings. The Labute approximate surface area is 126 Å². The van der Waals surface area contributed by atoms with Gasteiger partial charge in [-0.15, -0.1) is 0 Å². The number of ether oxygens (including phenoxy) is 1. The summed E-state index contributed by atoms with van der Waals surface area (Å²) in [6, 6.07) is 14.5. The number of benzene rings is 2. The first-order valence-corrected chi connectivity index (χ1v) is 7.75. The summed E-state index contributed by atoms with van der Waals surface area (Å²) in [5, 5.41) is 12.6. The second-order valence-electron chi connectivity index (χ2n) is 6.04. The fourth-order valence-electron chi connectivity index (χ4n) is 3.12. The molecule has 1 fully saturated rings. The van der Waals surface area contributed by atoms with Crippen LogP contribution in [0.3, 0.4) is 0 Å². The van der Waals surface area contributed by atoms with Crippen molar-refractivity contribution in [3.63, 3.8) is 0 Å². The van der Waals surface area contributed by atoms with Crippen LogP contribution in [0.4, 0.5) is 0 Å². The molecular weight excluding hydrogens is 262 g/mol. The van der Waals surface area contributed by atoms with Crippen LogP contribution in [0, 0.1) is 0 Å². The van der Waals surface area contributed by atoms with E-state index in [2.05, 4.69) is 36.1 Å². The minimum absolute atomic E-state index is 0.447. The molecule has 0 amide bonds. The molecule has 2 aromatic carbocycles. The lowest BCUT2D eigenvalue weighted by atomic mass is 9.89. The topological polar surface area (TPSA) is 32.7 Å². The van der Waals surface area contributed by atoms with Crippen LogP contribution in [0.5, 0.6) is 5.75 Å².